The smallest absolute Gasteiger partial charge is 0.213 e. The number of hydrogen-bond acceptors (Lipinski definition) is 4. The fraction of sp³-hybridized carbons (Fsp3) is 0.353. The fourth-order valence-electron chi connectivity index (χ4n) is 2.36. The van der Waals surface area contributed by atoms with Gasteiger partial charge in [0.25, 0.3) is 0 Å². The highest BCUT2D eigenvalue weighted by atomic mass is 32.1. The van der Waals surface area contributed by atoms with Crippen molar-refractivity contribution in [3.8, 4) is 11.3 Å². The lowest BCUT2D eigenvalue weighted by Crippen LogP contribution is -1.96. The van der Waals surface area contributed by atoms with E-state index in [0.717, 1.165) is 21.8 Å². The van der Waals surface area contributed by atoms with Crippen LogP contribution in [0.2, 0.25) is 0 Å². The van der Waals surface area contributed by atoms with E-state index < -0.39 is 0 Å². The molecule has 3 rings (SSSR count). The predicted octanol–water partition coefficient (Wildman–Crippen LogP) is 4.52. The number of imidazole rings is 1. The molecule has 0 atom stereocenters. The molecular weight excluding hydrogens is 294 g/mol. The summed E-state index contributed by atoms with van der Waals surface area (Å²) in [5, 5.41) is 5.51. The van der Waals surface area contributed by atoms with Gasteiger partial charge in [0.2, 0.25) is 4.96 Å². The van der Waals surface area contributed by atoms with Crippen LogP contribution < -0.4 is 0 Å². The molecule has 0 saturated carbocycles. The van der Waals surface area contributed by atoms with Crippen LogP contribution in [-0.2, 0) is 0 Å². The highest BCUT2D eigenvalue weighted by Gasteiger charge is 2.18. The number of nitrogens with zero attached hydrogens (tertiary/aromatic N) is 3. The van der Waals surface area contributed by atoms with Crippen LogP contribution in [0.1, 0.15) is 60.6 Å². The minimum absolute atomic E-state index is 0.333. The van der Waals surface area contributed by atoms with Gasteiger partial charge in [-0.15, -0.1) is 0 Å². The van der Waals surface area contributed by atoms with E-state index in [-0.39, 0.29) is 0 Å². The summed E-state index contributed by atoms with van der Waals surface area (Å²) in [7, 11) is 0. The first-order valence-electron chi connectivity index (χ1n) is 7.46. The Labute approximate surface area is 133 Å². The number of rotatable bonds is 4. The van der Waals surface area contributed by atoms with Gasteiger partial charge in [-0.05, 0) is 11.5 Å². The fourth-order valence-corrected chi connectivity index (χ4v) is 3.26. The third kappa shape index (κ3) is 2.46. The van der Waals surface area contributed by atoms with Crippen LogP contribution in [0.5, 0.6) is 0 Å². The third-order valence-electron chi connectivity index (χ3n) is 3.71. The van der Waals surface area contributed by atoms with Gasteiger partial charge in [0.1, 0.15) is 16.4 Å². The first-order chi connectivity index (χ1) is 10.5. The van der Waals surface area contributed by atoms with E-state index in [4.69, 9.17) is 0 Å². The van der Waals surface area contributed by atoms with Crippen LogP contribution in [0.4, 0.5) is 0 Å². The lowest BCUT2D eigenvalue weighted by atomic mass is 10.0. The Balaban J connectivity index is 2.10. The molecule has 0 radical (unpaired) electrons. The normalized spacial score (nSPS) is 11.7. The van der Waals surface area contributed by atoms with Crippen LogP contribution >= 0.6 is 11.3 Å². The minimum atomic E-state index is 0.333. The Morgan fingerprint density at radius 1 is 1.09 bits per heavy atom. The van der Waals surface area contributed by atoms with Gasteiger partial charge in [-0.2, -0.15) is 9.61 Å². The van der Waals surface area contributed by atoms with E-state index in [1.54, 1.807) is 15.9 Å². The maximum absolute atomic E-state index is 11.5. The Morgan fingerprint density at radius 2 is 1.77 bits per heavy atom. The predicted molar refractivity (Wildman–Crippen MR) is 89.9 cm³/mol. The zero-order valence-corrected chi connectivity index (χ0v) is 14.0. The second-order valence-corrected chi connectivity index (χ2v) is 7.02. The molecule has 0 bridgehead atoms. The van der Waals surface area contributed by atoms with Gasteiger partial charge in [0.05, 0.1) is 0 Å². The average molecular weight is 313 g/mol. The van der Waals surface area contributed by atoms with Crippen molar-refractivity contribution in [2.45, 2.75) is 39.5 Å². The molecular formula is C17H19N3OS. The van der Waals surface area contributed by atoms with Crippen LogP contribution in [0.3, 0.4) is 0 Å². The highest BCUT2D eigenvalue weighted by Crippen LogP contribution is 2.29. The van der Waals surface area contributed by atoms with Crippen LogP contribution in [-0.4, -0.2) is 20.9 Å². The molecule has 0 amide bonds. The van der Waals surface area contributed by atoms with E-state index in [0.29, 0.717) is 23.2 Å². The number of carbonyl (C=O) groups is 1. The largest absolute Gasteiger partial charge is 0.296 e. The van der Waals surface area contributed by atoms with E-state index in [9.17, 15) is 4.79 Å². The molecule has 5 heteroatoms. The summed E-state index contributed by atoms with van der Waals surface area (Å²) in [5.74, 6) is 0.820. The Hall–Kier alpha value is -2.01. The molecule has 4 nitrogen and oxygen atoms in total. The lowest BCUT2D eigenvalue weighted by Gasteiger charge is -2.06. The molecule has 22 heavy (non-hydrogen) atoms. The SMILES string of the molecule is CC(C)c1ccc(-c2nc3sc(C(C)C)nn3c2C=O)cc1. The maximum atomic E-state index is 11.5. The molecule has 0 N–H and O–H groups in total. The van der Waals surface area contributed by atoms with Crippen molar-refractivity contribution in [1.29, 1.82) is 0 Å². The van der Waals surface area contributed by atoms with Crippen molar-refractivity contribution in [1.82, 2.24) is 14.6 Å². The highest BCUT2D eigenvalue weighted by molar-refractivity contribution is 7.16. The minimum Gasteiger partial charge on any atom is -0.296 e. The molecule has 2 aromatic heterocycles. The molecule has 3 aromatic rings. The quantitative estimate of drug-likeness (QED) is 0.665. The van der Waals surface area contributed by atoms with Crippen LogP contribution in [0, 0.1) is 0 Å². The van der Waals surface area contributed by atoms with Gasteiger partial charge in [-0.3, -0.25) is 4.79 Å². The van der Waals surface area contributed by atoms with Crippen LogP contribution in [0.25, 0.3) is 16.2 Å². The Morgan fingerprint density at radius 3 is 2.32 bits per heavy atom. The van der Waals surface area contributed by atoms with Crippen molar-refractivity contribution in [2.24, 2.45) is 0 Å². The molecule has 0 fully saturated rings. The number of benzene rings is 1. The average Bonchev–Trinajstić information content (AvgIpc) is 3.04. The summed E-state index contributed by atoms with van der Waals surface area (Å²) in [4.78, 5) is 16.9. The van der Waals surface area contributed by atoms with Gasteiger partial charge in [0, 0.05) is 11.5 Å². The zero-order chi connectivity index (χ0) is 15.9. The monoisotopic (exact) mass is 313 g/mol. The van der Waals surface area contributed by atoms with Crippen molar-refractivity contribution >= 4 is 22.6 Å². The summed E-state index contributed by atoms with van der Waals surface area (Å²) in [6.45, 7) is 8.50. The van der Waals surface area contributed by atoms with E-state index in [1.165, 1.54) is 5.56 Å². The number of hydrogen-bond donors (Lipinski definition) is 0. The molecule has 2 heterocycles. The van der Waals surface area contributed by atoms with Crippen molar-refractivity contribution < 1.29 is 4.79 Å². The summed E-state index contributed by atoms with van der Waals surface area (Å²) in [6.07, 6.45) is 0.843. The van der Waals surface area contributed by atoms with E-state index in [1.807, 2.05) is 12.1 Å². The van der Waals surface area contributed by atoms with Crippen molar-refractivity contribution in [3.63, 3.8) is 0 Å². The van der Waals surface area contributed by atoms with Crippen molar-refractivity contribution in [3.05, 3.63) is 40.5 Å². The topological polar surface area (TPSA) is 47.3 Å². The molecule has 1 aromatic carbocycles. The van der Waals surface area contributed by atoms with Gasteiger partial charge in [0.15, 0.2) is 6.29 Å². The van der Waals surface area contributed by atoms with Gasteiger partial charge in [-0.25, -0.2) is 4.98 Å². The second kappa shape index (κ2) is 5.65. The van der Waals surface area contributed by atoms with Gasteiger partial charge >= 0.3 is 0 Å². The van der Waals surface area contributed by atoms with Crippen LogP contribution in [0.15, 0.2) is 24.3 Å². The van der Waals surface area contributed by atoms with Gasteiger partial charge in [-0.1, -0.05) is 63.3 Å². The second-order valence-electron chi connectivity index (χ2n) is 6.03. The molecule has 0 aliphatic carbocycles. The third-order valence-corrected chi connectivity index (χ3v) is 4.92. The number of fused-ring (bicyclic) bond motifs is 1. The Bertz CT molecular complexity index is 812. The zero-order valence-electron chi connectivity index (χ0n) is 13.2. The standard InChI is InChI=1S/C17H19N3OS/c1-10(2)12-5-7-13(8-6-12)15-14(9-21)20-17(18-15)22-16(19-20)11(3)4/h5-11H,1-4H3. The first-order valence-corrected chi connectivity index (χ1v) is 8.28. The molecule has 0 saturated heterocycles. The van der Waals surface area contributed by atoms with E-state index >= 15 is 0 Å². The summed E-state index contributed by atoms with van der Waals surface area (Å²) in [5.41, 5.74) is 3.46. The molecule has 0 aliphatic rings. The lowest BCUT2D eigenvalue weighted by molar-refractivity contribution is 0.111. The maximum Gasteiger partial charge on any atom is 0.213 e. The number of aldehydes is 1. The molecule has 114 valence electrons. The molecule has 0 unspecified atom stereocenters. The Kier molecular flexibility index (Phi) is 3.83. The summed E-state index contributed by atoms with van der Waals surface area (Å²) in [6, 6.07) is 8.24. The first kappa shape index (κ1) is 14.9. The van der Waals surface area contributed by atoms with Gasteiger partial charge < -0.3 is 0 Å². The van der Waals surface area contributed by atoms with Crippen molar-refractivity contribution in [2.75, 3.05) is 0 Å². The number of carbonyl (C=O) groups excluding carboxylic acids is 1. The summed E-state index contributed by atoms with van der Waals surface area (Å²) >= 11 is 1.54. The molecule has 0 spiro atoms. The number of aromatic nitrogens is 3. The van der Waals surface area contributed by atoms with E-state index in [2.05, 4.69) is 49.9 Å². The summed E-state index contributed by atoms with van der Waals surface area (Å²) < 4.78 is 1.67. The molecule has 0 aliphatic heterocycles.